The maximum absolute atomic E-state index is 11.0. The summed E-state index contributed by atoms with van der Waals surface area (Å²) in [6.45, 7) is 3.93. The number of ketones is 1. The minimum atomic E-state index is 0.383. The SMILES string of the molecule is CC(=O)[C@H]1CCCC[C@@H]1C. The number of Topliss-reactive ketones (excluding diaryl/α,β-unsaturated/α-hetero) is 1. The van der Waals surface area contributed by atoms with Crippen LogP contribution in [0.15, 0.2) is 0 Å². The molecule has 0 spiro atoms. The molecule has 0 amide bonds. The summed E-state index contributed by atoms with van der Waals surface area (Å²) in [7, 11) is 0. The minimum Gasteiger partial charge on any atom is -0.300 e. The smallest absolute Gasteiger partial charge is 0.133 e. The Morgan fingerprint density at radius 3 is 2.30 bits per heavy atom. The summed E-state index contributed by atoms with van der Waals surface area (Å²) in [5, 5.41) is 0. The zero-order chi connectivity index (χ0) is 7.56. The first-order valence-electron chi connectivity index (χ1n) is 4.22. The van der Waals surface area contributed by atoms with Crippen molar-refractivity contribution in [2.24, 2.45) is 11.8 Å². The average molecular weight is 140 g/mol. The third-order valence-electron chi connectivity index (χ3n) is 2.63. The van der Waals surface area contributed by atoms with Gasteiger partial charge in [-0.15, -0.1) is 0 Å². The second kappa shape index (κ2) is 3.18. The minimum absolute atomic E-state index is 0.383. The Balaban J connectivity index is 2.47. The van der Waals surface area contributed by atoms with E-state index >= 15 is 0 Å². The molecule has 0 unspecified atom stereocenters. The van der Waals surface area contributed by atoms with Gasteiger partial charge in [0.2, 0.25) is 0 Å². The van der Waals surface area contributed by atoms with Gasteiger partial charge in [-0.05, 0) is 19.3 Å². The van der Waals surface area contributed by atoms with Crippen LogP contribution in [0.4, 0.5) is 0 Å². The van der Waals surface area contributed by atoms with Gasteiger partial charge in [0.05, 0.1) is 0 Å². The van der Waals surface area contributed by atoms with Gasteiger partial charge in [-0.25, -0.2) is 0 Å². The van der Waals surface area contributed by atoms with Crippen molar-refractivity contribution in [1.29, 1.82) is 0 Å². The van der Waals surface area contributed by atoms with Crippen molar-refractivity contribution in [3.05, 3.63) is 0 Å². The molecule has 1 saturated carbocycles. The van der Waals surface area contributed by atoms with Crippen molar-refractivity contribution in [3.8, 4) is 0 Å². The van der Waals surface area contributed by atoms with Gasteiger partial charge in [-0.2, -0.15) is 0 Å². The van der Waals surface area contributed by atoms with Crippen LogP contribution in [0.25, 0.3) is 0 Å². The van der Waals surface area contributed by atoms with Gasteiger partial charge in [0, 0.05) is 5.92 Å². The van der Waals surface area contributed by atoms with Crippen LogP contribution < -0.4 is 0 Å². The highest BCUT2D eigenvalue weighted by atomic mass is 16.1. The van der Waals surface area contributed by atoms with E-state index in [9.17, 15) is 4.79 Å². The maximum atomic E-state index is 11.0. The predicted molar refractivity (Wildman–Crippen MR) is 41.8 cm³/mol. The zero-order valence-electron chi connectivity index (χ0n) is 6.89. The van der Waals surface area contributed by atoms with Gasteiger partial charge in [0.15, 0.2) is 0 Å². The Morgan fingerprint density at radius 1 is 1.30 bits per heavy atom. The quantitative estimate of drug-likeness (QED) is 0.546. The Bertz CT molecular complexity index is 129. The number of hydrogen-bond donors (Lipinski definition) is 0. The van der Waals surface area contributed by atoms with Gasteiger partial charge in [0.25, 0.3) is 0 Å². The second-order valence-corrected chi connectivity index (χ2v) is 3.48. The molecule has 0 aromatic carbocycles. The fourth-order valence-electron chi connectivity index (χ4n) is 1.92. The lowest BCUT2D eigenvalue weighted by Gasteiger charge is -2.26. The van der Waals surface area contributed by atoms with Gasteiger partial charge >= 0.3 is 0 Å². The van der Waals surface area contributed by atoms with Gasteiger partial charge in [-0.1, -0.05) is 26.2 Å². The third-order valence-corrected chi connectivity index (χ3v) is 2.63. The average Bonchev–Trinajstić information content (AvgIpc) is 1.88. The Hall–Kier alpha value is -0.330. The zero-order valence-corrected chi connectivity index (χ0v) is 6.89. The highest BCUT2D eigenvalue weighted by molar-refractivity contribution is 5.78. The lowest BCUT2D eigenvalue weighted by molar-refractivity contribution is -0.123. The van der Waals surface area contributed by atoms with Crippen molar-refractivity contribution in [1.82, 2.24) is 0 Å². The van der Waals surface area contributed by atoms with Crippen LogP contribution in [-0.2, 0) is 4.79 Å². The molecule has 0 radical (unpaired) electrons. The second-order valence-electron chi connectivity index (χ2n) is 3.48. The predicted octanol–water partition coefficient (Wildman–Crippen LogP) is 2.40. The van der Waals surface area contributed by atoms with E-state index < -0.39 is 0 Å². The van der Waals surface area contributed by atoms with Crippen LogP contribution in [0.1, 0.15) is 39.5 Å². The molecule has 1 fully saturated rings. The van der Waals surface area contributed by atoms with E-state index in [1.807, 2.05) is 0 Å². The lowest BCUT2D eigenvalue weighted by Crippen LogP contribution is -2.22. The van der Waals surface area contributed by atoms with E-state index in [2.05, 4.69) is 6.92 Å². The third kappa shape index (κ3) is 1.59. The van der Waals surface area contributed by atoms with Crippen molar-refractivity contribution in [3.63, 3.8) is 0 Å². The molecule has 2 atom stereocenters. The molecule has 1 rings (SSSR count). The van der Waals surface area contributed by atoms with E-state index in [0.29, 0.717) is 17.6 Å². The lowest BCUT2D eigenvalue weighted by atomic mass is 9.78. The summed E-state index contributed by atoms with van der Waals surface area (Å²) >= 11 is 0. The Labute approximate surface area is 62.8 Å². The molecule has 58 valence electrons. The van der Waals surface area contributed by atoms with Crippen LogP contribution in [0, 0.1) is 11.8 Å². The van der Waals surface area contributed by atoms with Gasteiger partial charge in [-0.3, -0.25) is 4.79 Å². The molecule has 0 N–H and O–H groups in total. The number of hydrogen-bond acceptors (Lipinski definition) is 1. The molecular weight excluding hydrogens is 124 g/mol. The van der Waals surface area contributed by atoms with E-state index in [4.69, 9.17) is 0 Å². The molecule has 1 nitrogen and oxygen atoms in total. The molecule has 0 heterocycles. The van der Waals surface area contributed by atoms with Gasteiger partial charge in [0.1, 0.15) is 5.78 Å². The van der Waals surface area contributed by atoms with Crippen LogP contribution >= 0.6 is 0 Å². The largest absolute Gasteiger partial charge is 0.300 e. The van der Waals surface area contributed by atoms with E-state index in [-0.39, 0.29) is 0 Å². The normalized spacial score (nSPS) is 33.8. The molecule has 1 aliphatic carbocycles. The first kappa shape index (κ1) is 7.77. The molecule has 0 bridgehead atoms. The Morgan fingerprint density at radius 2 is 1.90 bits per heavy atom. The number of carbonyl (C=O) groups excluding carboxylic acids is 1. The van der Waals surface area contributed by atoms with Crippen LogP contribution in [0.3, 0.4) is 0 Å². The van der Waals surface area contributed by atoms with Crippen LogP contribution in [0.5, 0.6) is 0 Å². The van der Waals surface area contributed by atoms with E-state index in [1.165, 1.54) is 19.3 Å². The summed E-state index contributed by atoms with van der Waals surface area (Å²) < 4.78 is 0. The summed E-state index contributed by atoms with van der Waals surface area (Å²) in [6.07, 6.45) is 4.97. The fourth-order valence-corrected chi connectivity index (χ4v) is 1.92. The molecule has 0 aliphatic heterocycles. The van der Waals surface area contributed by atoms with Crippen LogP contribution in [-0.4, -0.2) is 5.78 Å². The summed E-state index contributed by atoms with van der Waals surface area (Å²) in [5.41, 5.74) is 0. The topological polar surface area (TPSA) is 17.1 Å². The number of carbonyl (C=O) groups is 1. The highest BCUT2D eigenvalue weighted by Crippen LogP contribution is 2.29. The molecule has 10 heavy (non-hydrogen) atoms. The molecule has 1 heteroatoms. The van der Waals surface area contributed by atoms with Crippen molar-refractivity contribution >= 4 is 5.78 Å². The highest BCUT2D eigenvalue weighted by Gasteiger charge is 2.24. The van der Waals surface area contributed by atoms with Crippen LogP contribution in [0.2, 0.25) is 0 Å². The van der Waals surface area contributed by atoms with Crippen molar-refractivity contribution in [2.75, 3.05) is 0 Å². The molecule has 0 aromatic heterocycles. The first-order valence-corrected chi connectivity index (χ1v) is 4.22. The van der Waals surface area contributed by atoms with E-state index in [1.54, 1.807) is 6.92 Å². The summed E-state index contributed by atoms with van der Waals surface area (Å²) in [4.78, 5) is 11.0. The monoisotopic (exact) mass is 140 g/mol. The van der Waals surface area contributed by atoms with E-state index in [0.717, 1.165) is 6.42 Å². The molecular formula is C9H16O. The summed E-state index contributed by atoms with van der Waals surface area (Å²) in [5.74, 6) is 1.42. The fraction of sp³-hybridized carbons (Fsp3) is 0.889. The van der Waals surface area contributed by atoms with Crippen molar-refractivity contribution < 1.29 is 4.79 Å². The van der Waals surface area contributed by atoms with Crippen molar-refractivity contribution in [2.45, 2.75) is 39.5 Å². The Kier molecular flexibility index (Phi) is 2.47. The van der Waals surface area contributed by atoms with Gasteiger partial charge < -0.3 is 0 Å². The standard InChI is InChI=1S/C9H16O/c1-7-5-3-4-6-9(7)8(2)10/h7,9H,3-6H2,1-2H3/t7-,9-/m0/s1. The first-order chi connectivity index (χ1) is 4.72. The number of rotatable bonds is 1. The molecule has 0 saturated heterocycles. The maximum Gasteiger partial charge on any atom is 0.133 e. The molecule has 1 aliphatic rings. The molecule has 0 aromatic rings. The summed E-state index contributed by atoms with van der Waals surface area (Å²) in [6, 6.07) is 0.